The third kappa shape index (κ3) is 4.60. The SMILES string of the molecule is CC(C)(C)C#N.Cc1ccc2c(c1)OCC2N(C)C(=O)c1cc2c(cc1F)nc(N)c1cncn12. The van der Waals surface area contributed by atoms with Gasteiger partial charge in [0, 0.05) is 24.1 Å². The number of likely N-dealkylation sites (N-methyl/N-ethyl adjacent to an activating group) is 1. The van der Waals surface area contributed by atoms with Crippen LogP contribution >= 0.6 is 0 Å². The number of amides is 1. The average Bonchev–Trinajstić information content (AvgIpc) is 3.45. The van der Waals surface area contributed by atoms with Crippen LogP contribution in [-0.4, -0.2) is 38.8 Å². The van der Waals surface area contributed by atoms with Crippen molar-refractivity contribution >= 4 is 28.3 Å². The molecule has 5 rings (SSSR count). The van der Waals surface area contributed by atoms with Crippen LogP contribution < -0.4 is 10.5 Å². The molecule has 1 atom stereocenters. The molecule has 0 saturated carbocycles. The van der Waals surface area contributed by atoms with Crippen molar-refractivity contribution in [3.63, 3.8) is 0 Å². The number of imidazole rings is 1. The third-order valence-electron chi connectivity index (χ3n) is 5.74. The summed E-state index contributed by atoms with van der Waals surface area (Å²) >= 11 is 0. The predicted octanol–water partition coefficient (Wildman–Crippen LogP) is 4.67. The van der Waals surface area contributed by atoms with E-state index in [1.165, 1.54) is 17.0 Å². The number of nitrogens with zero attached hydrogens (tertiary/aromatic N) is 5. The number of hydrogen-bond acceptors (Lipinski definition) is 6. The van der Waals surface area contributed by atoms with Gasteiger partial charge in [-0.25, -0.2) is 14.4 Å². The summed E-state index contributed by atoms with van der Waals surface area (Å²) in [5.74, 6) is -0.0747. The summed E-state index contributed by atoms with van der Waals surface area (Å²) in [5, 5.41) is 8.15. The molecule has 0 spiro atoms. The molecule has 1 aliphatic rings. The Balaban J connectivity index is 0.000000431. The first-order valence-electron chi connectivity index (χ1n) is 11.1. The second kappa shape index (κ2) is 8.87. The molecule has 2 N–H and O–H groups in total. The summed E-state index contributed by atoms with van der Waals surface area (Å²) in [7, 11) is 1.66. The zero-order chi connectivity index (χ0) is 25.5. The van der Waals surface area contributed by atoms with Crippen molar-refractivity contribution in [2.45, 2.75) is 33.7 Å². The van der Waals surface area contributed by atoms with Crippen LogP contribution in [0, 0.1) is 29.5 Å². The van der Waals surface area contributed by atoms with Crippen molar-refractivity contribution < 1.29 is 13.9 Å². The van der Waals surface area contributed by atoms with Crippen LogP contribution in [0.1, 0.15) is 48.3 Å². The number of aromatic nitrogens is 3. The molecule has 3 heterocycles. The first kappa shape index (κ1) is 24.0. The standard InChI is InChI=1S/C21H18FN5O2.C5H9N/c1-11-3-4-12-18(9-29-19(12)5-11)26(2)21(28)13-6-16-15(7-14(13)22)25-20(23)17-8-24-10-27(16)17;1-5(2,3)4-6/h3-8,10,18H,9H2,1-2H3,(H2,23,25);1-3H3. The molecule has 9 heteroatoms. The van der Waals surface area contributed by atoms with E-state index in [2.05, 4.69) is 16.0 Å². The lowest BCUT2D eigenvalue weighted by Gasteiger charge is -2.24. The van der Waals surface area contributed by atoms with Crippen molar-refractivity contribution in [3.8, 4) is 11.8 Å². The first-order valence-corrected chi connectivity index (χ1v) is 11.1. The number of carbonyl (C=O) groups excluding carboxylic acids is 1. The molecule has 0 saturated heterocycles. The average molecular weight is 475 g/mol. The third-order valence-corrected chi connectivity index (χ3v) is 5.74. The minimum absolute atomic E-state index is 0.0397. The zero-order valence-corrected chi connectivity index (χ0v) is 20.3. The zero-order valence-electron chi connectivity index (χ0n) is 20.3. The van der Waals surface area contributed by atoms with Crippen molar-refractivity contribution in [1.82, 2.24) is 19.3 Å². The maximum Gasteiger partial charge on any atom is 0.257 e. The summed E-state index contributed by atoms with van der Waals surface area (Å²) in [6, 6.07) is 10.4. The van der Waals surface area contributed by atoms with Gasteiger partial charge >= 0.3 is 0 Å². The second-order valence-electron chi connectivity index (χ2n) is 9.61. The van der Waals surface area contributed by atoms with Gasteiger partial charge in [-0.2, -0.15) is 5.26 Å². The maximum absolute atomic E-state index is 14.8. The van der Waals surface area contributed by atoms with Gasteiger partial charge in [0.25, 0.3) is 5.91 Å². The molecule has 0 radical (unpaired) electrons. The summed E-state index contributed by atoms with van der Waals surface area (Å²) in [4.78, 5) is 23.0. The number of halogens is 1. The highest BCUT2D eigenvalue weighted by Crippen LogP contribution is 2.37. The maximum atomic E-state index is 14.8. The number of hydrogen-bond donors (Lipinski definition) is 1. The van der Waals surface area contributed by atoms with Gasteiger partial charge in [-0.1, -0.05) is 12.1 Å². The van der Waals surface area contributed by atoms with E-state index in [1.807, 2.05) is 45.9 Å². The number of ether oxygens (including phenoxy) is 1. The van der Waals surface area contributed by atoms with Crippen molar-refractivity contribution in [2.75, 3.05) is 19.4 Å². The highest BCUT2D eigenvalue weighted by atomic mass is 19.1. The van der Waals surface area contributed by atoms with Gasteiger partial charge in [0.05, 0.1) is 41.2 Å². The lowest BCUT2D eigenvalue weighted by Crippen LogP contribution is -2.32. The Morgan fingerprint density at radius 3 is 2.69 bits per heavy atom. The smallest absolute Gasteiger partial charge is 0.257 e. The van der Waals surface area contributed by atoms with E-state index < -0.39 is 11.7 Å². The number of fused-ring (bicyclic) bond motifs is 4. The number of nitrogens with two attached hydrogens (primary N) is 1. The van der Waals surface area contributed by atoms with Gasteiger partial charge in [0.2, 0.25) is 0 Å². The lowest BCUT2D eigenvalue weighted by atomic mass is 10.0. The molecule has 0 aliphatic carbocycles. The van der Waals surface area contributed by atoms with E-state index in [0.29, 0.717) is 23.2 Å². The van der Waals surface area contributed by atoms with E-state index >= 15 is 0 Å². The summed E-state index contributed by atoms with van der Waals surface area (Å²) in [6.07, 6.45) is 3.14. The molecule has 180 valence electrons. The minimum Gasteiger partial charge on any atom is -0.491 e. The number of nitrogen functional groups attached to an aromatic ring is 1. The van der Waals surface area contributed by atoms with Crippen LogP contribution in [0.5, 0.6) is 5.75 Å². The molecule has 4 aromatic rings. The largest absolute Gasteiger partial charge is 0.491 e. The van der Waals surface area contributed by atoms with Crippen molar-refractivity contribution in [3.05, 3.63) is 65.4 Å². The van der Waals surface area contributed by atoms with Gasteiger partial charge in [0.1, 0.15) is 29.5 Å². The van der Waals surface area contributed by atoms with E-state index in [4.69, 9.17) is 15.7 Å². The molecule has 1 amide bonds. The van der Waals surface area contributed by atoms with E-state index in [1.54, 1.807) is 24.0 Å². The number of carbonyl (C=O) groups is 1. The topological polar surface area (TPSA) is 110 Å². The lowest BCUT2D eigenvalue weighted by molar-refractivity contribution is 0.0704. The first-order chi connectivity index (χ1) is 16.5. The van der Waals surface area contributed by atoms with Crippen LogP contribution in [0.3, 0.4) is 0 Å². The van der Waals surface area contributed by atoms with Crippen LogP contribution in [0.25, 0.3) is 16.6 Å². The second-order valence-corrected chi connectivity index (χ2v) is 9.61. The Hall–Kier alpha value is -4.19. The van der Waals surface area contributed by atoms with E-state index in [9.17, 15) is 9.18 Å². The number of anilines is 1. The highest BCUT2D eigenvalue weighted by molar-refractivity contribution is 5.98. The molecular formula is C26H27FN6O2. The number of benzene rings is 2. The Morgan fingerprint density at radius 2 is 2.00 bits per heavy atom. The number of rotatable bonds is 2. The molecule has 0 fully saturated rings. The molecule has 0 bridgehead atoms. The Kier molecular flexibility index (Phi) is 6.07. The van der Waals surface area contributed by atoms with Gasteiger partial charge in [-0.15, -0.1) is 0 Å². The fourth-order valence-electron chi connectivity index (χ4n) is 3.81. The summed E-state index contributed by atoms with van der Waals surface area (Å²) in [6.45, 7) is 7.96. The number of aryl methyl sites for hydroxylation is 1. The highest BCUT2D eigenvalue weighted by Gasteiger charge is 2.32. The van der Waals surface area contributed by atoms with Gasteiger partial charge < -0.3 is 15.4 Å². The van der Waals surface area contributed by atoms with Crippen molar-refractivity contribution in [2.24, 2.45) is 5.41 Å². The predicted molar refractivity (Wildman–Crippen MR) is 131 cm³/mol. The molecule has 2 aromatic carbocycles. The monoisotopic (exact) mass is 474 g/mol. The quantitative estimate of drug-likeness (QED) is 0.452. The van der Waals surface area contributed by atoms with Gasteiger partial charge in [0.15, 0.2) is 0 Å². The number of nitriles is 1. The molecule has 8 nitrogen and oxygen atoms in total. The summed E-state index contributed by atoms with van der Waals surface area (Å²) in [5.41, 5.74) is 9.24. The van der Waals surface area contributed by atoms with Crippen molar-refractivity contribution in [1.29, 1.82) is 5.26 Å². The van der Waals surface area contributed by atoms with Gasteiger partial charge in [-0.05, 0) is 45.4 Å². The summed E-state index contributed by atoms with van der Waals surface area (Å²) < 4.78 is 22.3. The van der Waals surface area contributed by atoms with Crippen LogP contribution in [-0.2, 0) is 0 Å². The Morgan fingerprint density at radius 1 is 1.29 bits per heavy atom. The van der Waals surface area contributed by atoms with Crippen LogP contribution in [0.2, 0.25) is 0 Å². The Labute approximate surface area is 202 Å². The molecule has 1 unspecified atom stereocenters. The molecular weight excluding hydrogens is 447 g/mol. The van der Waals surface area contributed by atoms with E-state index in [-0.39, 0.29) is 22.8 Å². The molecule has 35 heavy (non-hydrogen) atoms. The molecule has 2 aromatic heterocycles. The molecule has 1 aliphatic heterocycles. The fourth-order valence-corrected chi connectivity index (χ4v) is 3.81. The minimum atomic E-state index is -0.649. The fraction of sp³-hybridized carbons (Fsp3) is 0.308. The Bertz CT molecular complexity index is 1480. The van der Waals surface area contributed by atoms with Crippen LogP contribution in [0.4, 0.5) is 10.2 Å². The van der Waals surface area contributed by atoms with E-state index in [0.717, 1.165) is 16.9 Å². The van der Waals surface area contributed by atoms with Crippen LogP contribution in [0.15, 0.2) is 42.9 Å². The normalized spacial score (nSPS) is 14.6. The van der Waals surface area contributed by atoms with Gasteiger partial charge in [-0.3, -0.25) is 9.20 Å².